The standard InChI is InChI=1S/C14H21N3O3/c1-9-7-10(2)16-13(18)12(9)8-15-14(19)17-11-3-5-20-6-4-11/h7,11H,3-6,8H2,1-2H3,(H,16,18)(H2,15,17,19). The van der Waals surface area contributed by atoms with Crippen LogP contribution in [0.2, 0.25) is 0 Å². The minimum absolute atomic E-state index is 0.145. The molecule has 1 saturated heterocycles. The monoisotopic (exact) mass is 279 g/mol. The highest BCUT2D eigenvalue weighted by Crippen LogP contribution is 2.06. The van der Waals surface area contributed by atoms with Crippen molar-refractivity contribution < 1.29 is 9.53 Å². The van der Waals surface area contributed by atoms with Gasteiger partial charge in [0.2, 0.25) is 0 Å². The molecule has 20 heavy (non-hydrogen) atoms. The van der Waals surface area contributed by atoms with Crippen molar-refractivity contribution in [2.24, 2.45) is 0 Å². The number of amides is 2. The zero-order valence-corrected chi connectivity index (χ0v) is 11.9. The van der Waals surface area contributed by atoms with E-state index in [0.29, 0.717) is 18.8 Å². The summed E-state index contributed by atoms with van der Waals surface area (Å²) in [7, 11) is 0. The van der Waals surface area contributed by atoms with Gasteiger partial charge in [0.1, 0.15) is 0 Å². The van der Waals surface area contributed by atoms with E-state index in [1.54, 1.807) is 0 Å². The Bertz CT molecular complexity index is 533. The molecule has 0 aromatic carbocycles. The summed E-state index contributed by atoms with van der Waals surface area (Å²) in [4.78, 5) is 26.4. The summed E-state index contributed by atoms with van der Waals surface area (Å²) < 4.78 is 5.24. The van der Waals surface area contributed by atoms with Gasteiger partial charge in [0, 0.05) is 30.5 Å². The van der Waals surface area contributed by atoms with Crippen LogP contribution in [-0.4, -0.2) is 30.3 Å². The van der Waals surface area contributed by atoms with Crippen LogP contribution in [0.25, 0.3) is 0 Å². The van der Waals surface area contributed by atoms with E-state index in [9.17, 15) is 9.59 Å². The number of rotatable bonds is 3. The Labute approximate surface area is 117 Å². The molecule has 0 spiro atoms. The van der Waals surface area contributed by atoms with Crippen molar-refractivity contribution in [1.29, 1.82) is 0 Å². The molecule has 0 unspecified atom stereocenters. The molecule has 1 aliphatic heterocycles. The molecule has 2 heterocycles. The predicted molar refractivity (Wildman–Crippen MR) is 75.7 cm³/mol. The van der Waals surface area contributed by atoms with Crippen molar-refractivity contribution in [3.63, 3.8) is 0 Å². The lowest BCUT2D eigenvalue weighted by Gasteiger charge is -2.23. The second-order valence-electron chi connectivity index (χ2n) is 5.16. The van der Waals surface area contributed by atoms with Crippen LogP contribution in [0.3, 0.4) is 0 Å². The average molecular weight is 279 g/mol. The number of ether oxygens (including phenoxy) is 1. The first-order chi connectivity index (χ1) is 9.56. The summed E-state index contributed by atoms with van der Waals surface area (Å²) in [5.74, 6) is 0. The van der Waals surface area contributed by atoms with E-state index < -0.39 is 0 Å². The highest BCUT2D eigenvalue weighted by molar-refractivity contribution is 5.74. The Balaban J connectivity index is 1.88. The highest BCUT2D eigenvalue weighted by atomic mass is 16.5. The first-order valence-corrected chi connectivity index (χ1v) is 6.88. The lowest BCUT2D eigenvalue weighted by Crippen LogP contribution is -2.44. The Morgan fingerprint density at radius 1 is 1.40 bits per heavy atom. The molecule has 6 heteroatoms. The summed E-state index contributed by atoms with van der Waals surface area (Å²) in [6, 6.07) is 1.81. The van der Waals surface area contributed by atoms with E-state index >= 15 is 0 Å². The highest BCUT2D eigenvalue weighted by Gasteiger charge is 2.16. The van der Waals surface area contributed by atoms with Crippen molar-refractivity contribution in [2.45, 2.75) is 39.3 Å². The third-order valence-corrected chi connectivity index (χ3v) is 3.48. The molecule has 110 valence electrons. The van der Waals surface area contributed by atoms with Gasteiger partial charge in [-0.3, -0.25) is 4.79 Å². The largest absolute Gasteiger partial charge is 0.381 e. The van der Waals surface area contributed by atoms with Gasteiger partial charge >= 0.3 is 6.03 Å². The van der Waals surface area contributed by atoms with Gasteiger partial charge in [-0.25, -0.2) is 4.79 Å². The molecule has 0 atom stereocenters. The number of hydrogen-bond donors (Lipinski definition) is 3. The number of hydrogen-bond acceptors (Lipinski definition) is 3. The Kier molecular flexibility index (Phi) is 4.79. The van der Waals surface area contributed by atoms with Crippen LogP contribution in [0.1, 0.15) is 29.7 Å². The van der Waals surface area contributed by atoms with Crippen LogP contribution in [-0.2, 0) is 11.3 Å². The Morgan fingerprint density at radius 3 is 2.75 bits per heavy atom. The van der Waals surface area contributed by atoms with E-state index in [2.05, 4.69) is 15.6 Å². The van der Waals surface area contributed by atoms with Gasteiger partial charge in [-0.1, -0.05) is 0 Å². The van der Waals surface area contributed by atoms with Gasteiger partial charge in [-0.05, 0) is 38.3 Å². The number of carbonyl (C=O) groups is 1. The molecule has 1 aromatic heterocycles. The maximum atomic E-state index is 11.8. The second kappa shape index (κ2) is 6.56. The van der Waals surface area contributed by atoms with Gasteiger partial charge in [-0.15, -0.1) is 0 Å². The van der Waals surface area contributed by atoms with Crippen molar-refractivity contribution >= 4 is 6.03 Å². The van der Waals surface area contributed by atoms with E-state index in [1.807, 2.05) is 19.9 Å². The average Bonchev–Trinajstić information content (AvgIpc) is 2.38. The second-order valence-corrected chi connectivity index (χ2v) is 5.16. The van der Waals surface area contributed by atoms with Gasteiger partial charge in [0.25, 0.3) is 5.56 Å². The first-order valence-electron chi connectivity index (χ1n) is 6.88. The Hall–Kier alpha value is -1.82. The summed E-state index contributed by atoms with van der Waals surface area (Å²) >= 11 is 0. The molecule has 0 bridgehead atoms. The van der Waals surface area contributed by atoms with Crippen LogP contribution < -0.4 is 16.2 Å². The summed E-state index contributed by atoms with van der Waals surface area (Å²) in [6.45, 7) is 5.30. The number of urea groups is 1. The quantitative estimate of drug-likeness (QED) is 0.771. The molecule has 2 amide bonds. The molecule has 1 aliphatic rings. The first kappa shape index (κ1) is 14.6. The topological polar surface area (TPSA) is 83.2 Å². The lowest BCUT2D eigenvalue weighted by atomic mass is 10.1. The van der Waals surface area contributed by atoms with Crippen molar-refractivity contribution in [3.05, 3.63) is 33.2 Å². The molecule has 6 nitrogen and oxygen atoms in total. The van der Waals surface area contributed by atoms with Crippen LogP contribution in [0, 0.1) is 13.8 Å². The van der Waals surface area contributed by atoms with E-state index in [1.165, 1.54) is 0 Å². The smallest absolute Gasteiger partial charge is 0.315 e. The van der Waals surface area contributed by atoms with Crippen LogP contribution in [0.5, 0.6) is 0 Å². The molecule has 0 saturated carbocycles. The van der Waals surface area contributed by atoms with Crippen molar-refractivity contribution in [2.75, 3.05) is 13.2 Å². The van der Waals surface area contributed by atoms with E-state index in [0.717, 1.165) is 24.1 Å². The fourth-order valence-electron chi connectivity index (χ4n) is 2.35. The predicted octanol–water partition coefficient (Wildman–Crippen LogP) is 0.970. The van der Waals surface area contributed by atoms with Gasteiger partial charge in [0.15, 0.2) is 0 Å². The summed E-state index contributed by atoms with van der Waals surface area (Å²) in [6.07, 6.45) is 1.66. The number of aromatic amines is 1. The van der Waals surface area contributed by atoms with Crippen LogP contribution in [0.4, 0.5) is 4.79 Å². The minimum atomic E-state index is -0.240. The zero-order chi connectivity index (χ0) is 14.5. The van der Waals surface area contributed by atoms with E-state index in [-0.39, 0.29) is 24.2 Å². The fourth-order valence-corrected chi connectivity index (χ4v) is 2.35. The molecule has 1 fully saturated rings. The maximum absolute atomic E-state index is 11.8. The number of carbonyl (C=O) groups excluding carboxylic acids is 1. The molecule has 2 rings (SSSR count). The normalized spacial score (nSPS) is 15.9. The van der Waals surface area contributed by atoms with Crippen LogP contribution >= 0.6 is 0 Å². The number of nitrogens with one attached hydrogen (secondary N) is 3. The van der Waals surface area contributed by atoms with Gasteiger partial charge in [-0.2, -0.15) is 0 Å². The van der Waals surface area contributed by atoms with E-state index in [4.69, 9.17) is 4.74 Å². The lowest BCUT2D eigenvalue weighted by molar-refractivity contribution is 0.0801. The van der Waals surface area contributed by atoms with Gasteiger partial charge < -0.3 is 20.4 Å². The maximum Gasteiger partial charge on any atom is 0.315 e. The third kappa shape index (κ3) is 3.84. The number of aromatic nitrogens is 1. The molecule has 0 aliphatic carbocycles. The minimum Gasteiger partial charge on any atom is -0.381 e. The zero-order valence-electron chi connectivity index (χ0n) is 11.9. The number of pyridine rings is 1. The number of H-pyrrole nitrogens is 1. The van der Waals surface area contributed by atoms with Crippen molar-refractivity contribution in [1.82, 2.24) is 15.6 Å². The summed E-state index contributed by atoms with van der Waals surface area (Å²) in [5, 5.41) is 5.63. The molecular weight excluding hydrogens is 258 g/mol. The molecule has 0 radical (unpaired) electrons. The number of aryl methyl sites for hydroxylation is 2. The Morgan fingerprint density at radius 2 is 2.10 bits per heavy atom. The third-order valence-electron chi connectivity index (χ3n) is 3.48. The summed E-state index contributed by atoms with van der Waals surface area (Å²) in [5.41, 5.74) is 2.16. The molecule has 1 aromatic rings. The van der Waals surface area contributed by atoms with Crippen molar-refractivity contribution in [3.8, 4) is 0 Å². The molecular formula is C14H21N3O3. The van der Waals surface area contributed by atoms with Crippen LogP contribution in [0.15, 0.2) is 10.9 Å². The van der Waals surface area contributed by atoms with Gasteiger partial charge in [0.05, 0.1) is 6.54 Å². The SMILES string of the molecule is Cc1cc(C)c(CNC(=O)NC2CCOCC2)c(=O)[nH]1. The fraction of sp³-hybridized carbons (Fsp3) is 0.571. The molecule has 3 N–H and O–H groups in total.